The summed E-state index contributed by atoms with van der Waals surface area (Å²) in [4.78, 5) is 12.5. The van der Waals surface area contributed by atoms with Gasteiger partial charge in [0.05, 0.1) is 11.7 Å². The van der Waals surface area contributed by atoms with Gasteiger partial charge in [-0.1, -0.05) is 0 Å². The Bertz CT molecular complexity index is 402. The van der Waals surface area contributed by atoms with Crippen LogP contribution in [-0.2, 0) is 0 Å². The van der Waals surface area contributed by atoms with Crippen molar-refractivity contribution in [2.75, 3.05) is 13.3 Å². The zero-order valence-corrected chi connectivity index (χ0v) is 10.3. The second-order valence-electron chi connectivity index (χ2n) is 3.76. The summed E-state index contributed by atoms with van der Waals surface area (Å²) in [5.74, 6) is 0.807. The van der Waals surface area contributed by atoms with E-state index in [-0.39, 0.29) is 5.91 Å². The maximum atomic E-state index is 11.6. The number of carbonyl (C=O) groups is 1. The first-order chi connectivity index (χ1) is 7.74. The van der Waals surface area contributed by atoms with Crippen LogP contribution in [0.5, 0.6) is 5.75 Å². The number of thioether (sulfide) groups is 1. The molecule has 4 heteroatoms. The van der Waals surface area contributed by atoms with E-state index in [9.17, 15) is 4.79 Å². The van der Waals surface area contributed by atoms with Crippen molar-refractivity contribution in [3.05, 3.63) is 23.8 Å². The Kier molecular flexibility index (Phi) is 3.39. The molecule has 0 radical (unpaired) electrons. The van der Waals surface area contributed by atoms with Gasteiger partial charge in [-0.05, 0) is 37.3 Å². The third kappa shape index (κ3) is 2.50. The quantitative estimate of drug-likeness (QED) is 0.817. The molecule has 1 aliphatic carbocycles. The van der Waals surface area contributed by atoms with Crippen molar-refractivity contribution in [2.45, 2.75) is 23.8 Å². The molecule has 1 N–H and O–H groups in total. The zero-order chi connectivity index (χ0) is 11.5. The van der Waals surface area contributed by atoms with Gasteiger partial charge in [0.25, 0.3) is 5.91 Å². The van der Waals surface area contributed by atoms with Crippen LogP contribution in [0.3, 0.4) is 0 Å². The van der Waals surface area contributed by atoms with Crippen LogP contribution >= 0.6 is 11.8 Å². The smallest absolute Gasteiger partial charge is 0.252 e. The summed E-state index contributed by atoms with van der Waals surface area (Å²) >= 11 is 1.56. The van der Waals surface area contributed by atoms with E-state index < -0.39 is 0 Å². The molecule has 0 bridgehead atoms. The minimum atomic E-state index is -0.0534. The molecule has 1 fully saturated rings. The standard InChI is InChI=1S/C12H15NO2S/c1-13-12(14)10-6-5-9(7-11(10)16-2)15-8-3-4-8/h5-8H,3-4H2,1-2H3,(H,13,14). The molecule has 0 aromatic heterocycles. The molecule has 1 aromatic carbocycles. The maximum absolute atomic E-state index is 11.6. The average molecular weight is 237 g/mol. The van der Waals surface area contributed by atoms with Gasteiger partial charge in [-0.3, -0.25) is 4.79 Å². The lowest BCUT2D eigenvalue weighted by molar-refractivity contribution is 0.0960. The van der Waals surface area contributed by atoms with E-state index in [1.54, 1.807) is 18.8 Å². The lowest BCUT2D eigenvalue weighted by Gasteiger charge is -2.09. The first-order valence-corrected chi connectivity index (χ1v) is 6.54. The third-order valence-corrected chi connectivity index (χ3v) is 3.25. The Morgan fingerprint density at radius 2 is 2.25 bits per heavy atom. The predicted octanol–water partition coefficient (Wildman–Crippen LogP) is 2.31. The van der Waals surface area contributed by atoms with Gasteiger partial charge in [0.1, 0.15) is 5.75 Å². The monoisotopic (exact) mass is 237 g/mol. The van der Waals surface area contributed by atoms with E-state index in [1.165, 1.54) is 0 Å². The van der Waals surface area contributed by atoms with Crippen molar-refractivity contribution in [3.63, 3.8) is 0 Å². The molecule has 0 spiro atoms. The van der Waals surface area contributed by atoms with Crippen LogP contribution in [0, 0.1) is 0 Å². The minimum absolute atomic E-state index is 0.0534. The Morgan fingerprint density at radius 1 is 1.50 bits per heavy atom. The molecule has 0 atom stereocenters. The Morgan fingerprint density at radius 3 is 2.81 bits per heavy atom. The van der Waals surface area contributed by atoms with Crippen LogP contribution in [-0.4, -0.2) is 25.3 Å². The van der Waals surface area contributed by atoms with Gasteiger partial charge >= 0.3 is 0 Å². The van der Waals surface area contributed by atoms with Crippen molar-refractivity contribution in [2.24, 2.45) is 0 Å². The molecule has 3 nitrogen and oxygen atoms in total. The highest BCUT2D eigenvalue weighted by atomic mass is 32.2. The lowest BCUT2D eigenvalue weighted by Crippen LogP contribution is -2.18. The van der Waals surface area contributed by atoms with E-state index in [0.29, 0.717) is 11.7 Å². The fourth-order valence-electron chi connectivity index (χ4n) is 1.45. The highest BCUT2D eigenvalue weighted by Gasteiger charge is 2.23. The van der Waals surface area contributed by atoms with Crippen LogP contribution < -0.4 is 10.1 Å². The molecular weight excluding hydrogens is 222 g/mol. The van der Waals surface area contributed by atoms with Gasteiger partial charge in [0.15, 0.2) is 0 Å². The highest BCUT2D eigenvalue weighted by molar-refractivity contribution is 7.98. The van der Waals surface area contributed by atoms with Gasteiger partial charge in [0.2, 0.25) is 0 Å². The molecule has 0 unspecified atom stereocenters. The molecule has 1 aromatic rings. The molecule has 1 aliphatic rings. The van der Waals surface area contributed by atoms with E-state index in [4.69, 9.17) is 4.74 Å². The Balaban J connectivity index is 2.22. The van der Waals surface area contributed by atoms with Crippen molar-refractivity contribution in [1.29, 1.82) is 0 Å². The van der Waals surface area contributed by atoms with Crippen molar-refractivity contribution in [3.8, 4) is 5.75 Å². The second-order valence-corrected chi connectivity index (χ2v) is 4.61. The topological polar surface area (TPSA) is 38.3 Å². The second kappa shape index (κ2) is 4.78. The Hall–Kier alpha value is -1.16. The number of hydrogen-bond acceptors (Lipinski definition) is 3. The van der Waals surface area contributed by atoms with E-state index in [0.717, 1.165) is 23.5 Å². The number of hydrogen-bond donors (Lipinski definition) is 1. The summed E-state index contributed by atoms with van der Waals surface area (Å²) in [5, 5.41) is 2.64. The van der Waals surface area contributed by atoms with Gasteiger partial charge in [-0.15, -0.1) is 11.8 Å². The average Bonchev–Trinajstić information content (AvgIpc) is 3.11. The largest absolute Gasteiger partial charge is 0.490 e. The first kappa shape index (κ1) is 11.3. The molecule has 1 amide bonds. The molecular formula is C12H15NO2S. The van der Waals surface area contributed by atoms with Gasteiger partial charge < -0.3 is 10.1 Å². The fraction of sp³-hybridized carbons (Fsp3) is 0.417. The SMILES string of the molecule is CNC(=O)c1ccc(OC2CC2)cc1SC. The number of nitrogens with one attached hydrogen (secondary N) is 1. The number of benzene rings is 1. The van der Waals surface area contributed by atoms with Crippen LogP contribution in [0.4, 0.5) is 0 Å². The summed E-state index contributed by atoms with van der Waals surface area (Å²) in [5.41, 5.74) is 0.707. The van der Waals surface area contributed by atoms with Crippen molar-refractivity contribution in [1.82, 2.24) is 5.32 Å². The maximum Gasteiger partial charge on any atom is 0.252 e. The van der Waals surface area contributed by atoms with E-state index in [2.05, 4.69) is 5.32 Å². The normalized spacial score (nSPS) is 14.6. The van der Waals surface area contributed by atoms with Gasteiger partial charge in [-0.2, -0.15) is 0 Å². The Labute approximate surface area is 99.6 Å². The molecule has 0 aliphatic heterocycles. The summed E-state index contributed by atoms with van der Waals surface area (Å²) in [6.45, 7) is 0. The zero-order valence-electron chi connectivity index (χ0n) is 9.45. The molecule has 1 saturated carbocycles. The third-order valence-electron chi connectivity index (χ3n) is 2.47. The molecule has 0 heterocycles. The highest BCUT2D eigenvalue weighted by Crippen LogP contribution is 2.30. The predicted molar refractivity (Wildman–Crippen MR) is 65.3 cm³/mol. The minimum Gasteiger partial charge on any atom is -0.490 e. The molecule has 0 saturated heterocycles. The van der Waals surface area contributed by atoms with Crippen molar-refractivity contribution < 1.29 is 9.53 Å². The summed E-state index contributed by atoms with van der Waals surface area (Å²) < 4.78 is 5.69. The van der Waals surface area contributed by atoms with Gasteiger partial charge in [-0.25, -0.2) is 0 Å². The van der Waals surface area contributed by atoms with Crippen LogP contribution in [0.2, 0.25) is 0 Å². The van der Waals surface area contributed by atoms with Gasteiger partial charge in [0, 0.05) is 11.9 Å². The summed E-state index contributed by atoms with van der Waals surface area (Å²) in [7, 11) is 1.64. The molecule has 2 rings (SSSR count). The number of rotatable bonds is 4. The van der Waals surface area contributed by atoms with E-state index >= 15 is 0 Å². The van der Waals surface area contributed by atoms with Crippen LogP contribution in [0.25, 0.3) is 0 Å². The van der Waals surface area contributed by atoms with Crippen LogP contribution in [0.1, 0.15) is 23.2 Å². The number of carbonyl (C=O) groups excluding carboxylic acids is 1. The van der Waals surface area contributed by atoms with Crippen LogP contribution in [0.15, 0.2) is 23.1 Å². The number of amides is 1. The number of ether oxygens (including phenoxy) is 1. The summed E-state index contributed by atoms with van der Waals surface area (Å²) in [6.07, 6.45) is 4.64. The van der Waals surface area contributed by atoms with Crippen molar-refractivity contribution >= 4 is 17.7 Å². The first-order valence-electron chi connectivity index (χ1n) is 5.31. The fourth-order valence-corrected chi connectivity index (χ4v) is 2.06. The molecule has 16 heavy (non-hydrogen) atoms. The molecule has 86 valence electrons. The van der Waals surface area contributed by atoms with E-state index in [1.807, 2.05) is 24.5 Å². The lowest BCUT2D eigenvalue weighted by atomic mass is 10.2. The summed E-state index contributed by atoms with van der Waals surface area (Å²) in [6, 6.07) is 5.62.